The molecular formula is C15H17F3N2O3. The van der Waals surface area contributed by atoms with Crippen molar-refractivity contribution in [3.05, 3.63) is 33.7 Å². The molecule has 0 radical (unpaired) electrons. The number of aromatic nitrogens is 1. The molecule has 0 spiro atoms. The summed E-state index contributed by atoms with van der Waals surface area (Å²) in [5, 5.41) is 13.0. The Morgan fingerprint density at radius 2 is 1.91 bits per heavy atom. The maximum Gasteiger partial charge on any atom is 0.421 e. The third-order valence-corrected chi connectivity index (χ3v) is 5.07. The Kier molecular flexibility index (Phi) is 3.55. The average Bonchev–Trinajstić information content (AvgIpc) is 3.22. The van der Waals surface area contributed by atoms with Gasteiger partial charge in [-0.1, -0.05) is 0 Å². The van der Waals surface area contributed by atoms with Crippen LogP contribution in [-0.4, -0.2) is 28.1 Å². The number of hydrogen-bond donors (Lipinski definition) is 3. The van der Waals surface area contributed by atoms with Crippen molar-refractivity contribution in [2.45, 2.75) is 43.9 Å². The molecule has 126 valence electrons. The van der Waals surface area contributed by atoms with Gasteiger partial charge in [-0.05, 0) is 44.2 Å². The molecule has 0 aliphatic heterocycles. The van der Waals surface area contributed by atoms with Gasteiger partial charge < -0.3 is 15.4 Å². The summed E-state index contributed by atoms with van der Waals surface area (Å²) in [6.45, 7) is 0.255. The predicted octanol–water partition coefficient (Wildman–Crippen LogP) is 1.82. The van der Waals surface area contributed by atoms with Gasteiger partial charge in [-0.25, -0.2) is 0 Å². The zero-order valence-corrected chi connectivity index (χ0v) is 12.3. The molecule has 0 atom stereocenters. The molecule has 2 aliphatic rings. The van der Waals surface area contributed by atoms with Gasteiger partial charge in [0, 0.05) is 12.0 Å². The van der Waals surface area contributed by atoms with E-state index in [0.717, 1.165) is 25.3 Å². The first-order valence-corrected chi connectivity index (χ1v) is 7.48. The van der Waals surface area contributed by atoms with Crippen molar-refractivity contribution in [1.82, 2.24) is 10.3 Å². The van der Waals surface area contributed by atoms with Crippen molar-refractivity contribution < 1.29 is 23.1 Å². The third kappa shape index (κ3) is 2.75. The van der Waals surface area contributed by atoms with E-state index < -0.39 is 28.8 Å². The molecule has 1 amide bonds. The summed E-state index contributed by atoms with van der Waals surface area (Å²) < 4.78 is 37.6. The molecule has 5 nitrogen and oxygen atoms in total. The standard InChI is InChI=1S/C15H17F3N2O3/c16-15(17,18)9-2-3-10(20-11(9)21)12(22)19-8-13(6-7-13)14(23)4-1-5-14/h2-3,23H,1,4-8H2,(H,19,22)(H,20,21). The molecule has 2 saturated carbocycles. The largest absolute Gasteiger partial charge is 0.421 e. The number of amides is 1. The minimum Gasteiger partial charge on any atom is -0.389 e. The number of aliphatic hydroxyl groups is 1. The van der Waals surface area contributed by atoms with E-state index in [1.807, 2.05) is 4.98 Å². The minimum atomic E-state index is -4.76. The topological polar surface area (TPSA) is 82.2 Å². The highest BCUT2D eigenvalue weighted by Crippen LogP contribution is 2.60. The van der Waals surface area contributed by atoms with Gasteiger partial charge in [0.1, 0.15) is 11.3 Å². The highest BCUT2D eigenvalue weighted by atomic mass is 19.4. The number of pyridine rings is 1. The summed E-state index contributed by atoms with van der Waals surface area (Å²) >= 11 is 0. The molecule has 1 heterocycles. The van der Waals surface area contributed by atoms with Crippen molar-refractivity contribution in [2.24, 2.45) is 5.41 Å². The number of nitrogens with one attached hydrogen (secondary N) is 2. The highest BCUT2D eigenvalue weighted by Gasteiger charge is 2.60. The van der Waals surface area contributed by atoms with Crippen LogP contribution in [0.2, 0.25) is 0 Å². The SMILES string of the molecule is O=C(NCC1(C2(O)CCC2)CC1)c1ccc(C(F)(F)F)c(=O)[nH]1. The lowest BCUT2D eigenvalue weighted by Gasteiger charge is -2.44. The first kappa shape index (κ1) is 16.0. The summed E-state index contributed by atoms with van der Waals surface area (Å²) in [5.41, 5.74) is -3.97. The molecular weight excluding hydrogens is 313 g/mol. The average molecular weight is 330 g/mol. The number of carbonyl (C=O) groups excluding carboxylic acids is 1. The Morgan fingerprint density at radius 3 is 2.35 bits per heavy atom. The van der Waals surface area contributed by atoms with Crippen molar-refractivity contribution >= 4 is 5.91 Å². The molecule has 23 heavy (non-hydrogen) atoms. The zero-order chi connectivity index (χ0) is 16.9. The number of halogens is 3. The molecule has 8 heteroatoms. The van der Waals surface area contributed by atoms with E-state index in [2.05, 4.69) is 5.32 Å². The van der Waals surface area contributed by atoms with Crippen molar-refractivity contribution in [1.29, 1.82) is 0 Å². The summed E-state index contributed by atoms with van der Waals surface area (Å²) in [5.74, 6) is -0.648. The molecule has 2 fully saturated rings. The van der Waals surface area contributed by atoms with Crippen molar-refractivity contribution in [3.8, 4) is 0 Å². The number of rotatable bonds is 4. The van der Waals surface area contributed by atoms with E-state index in [4.69, 9.17) is 0 Å². The van der Waals surface area contributed by atoms with Gasteiger partial charge in [-0.3, -0.25) is 9.59 Å². The van der Waals surface area contributed by atoms with Gasteiger partial charge in [0.25, 0.3) is 11.5 Å². The molecule has 1 aromatic heterocycles. The first-order chi connectivity index (χ1) is 10.7. The van der Waals surface area contributed by atoms with E-state index in [1.54, 1.807) is 0 Å². The number of aromatic amines is 1. The van der Waals surface area contributed by atoms with Crippen molar-refractivity contribution in [3.63, 3.8) is 0 Å². The summed E-state index contributed by atoms with van der Waals surface area (Å²) in [6, 6.07) is 1.54. The molecule has 0 bridgehead atoms. The zero-order valence-electron chi connectivity index (χ0n) is 12.3. The second-order valence-electron chi connectivity index (χ2n) is 6.46. The fourth-order valence-electron chi connectivity index (χ4n) is 3.17. The lowest BCUT2D eigenvalue weighted by molar-refractivity contribution is -0.138. The van der Waals surface area contributed by atoms with E-state index in [0.29, 0.717) is 18.9 Å². The van der Waals surface area contributed by atoms with Crippen LogP contribution in [0.1, 0.15) is 48.2 Å². The maximum absolute atomic E-state index is 12.5. The summed E-state index contributed by atoms with van der Waals surface area (Å²) in [7, 11) is 0. The van der Waals surface area contributed by atoms with Crippen LogP contribution in [0.25, 0.3) is 0 Å². The van der Waals surface area contributed by atoms with E-state index in [-0.39, 0.29) is 17.7 Å². The molecule has 0 saturated heterocycles. The second-order valence-corrected chi connectivity index (χ2v) is 6.46. The van der Waals surface area contributed by atoms with Gasteiger partial charge in [0.15, 0.2) is 0 Å². The normalized spacial score (nSPS) is 21.4. The number of alkyl halides is 3. The van der Waals surface area contributed by atoms with E-state index >= 15 is 0 Å². The van der Waals surface area contributed by atoms with Crippen LogP contribution < -0.4 is 10.9 Å². The van der Waals surface area contributed by atoms with Crippen LogP contribution in [0.15, 0.2) is 16.9 Å². The molecule has 2 aliphatic carbocycles. The first-order valence-electron chi connectivity index (χ1n) is 7.48. The summed E-state index contributed by atoms with van der Waals surface area (Å²) in [6.07, 6.45) is -0.757. The number of H-pyrrole nitrogens is 1. The monoisotopic (exact) mass is 330 g/mol. The lowest BCUT2D eigenvalue weighted by atomic mass is 9.69. The quantitative estimate of drug-likeness (QED) is 0.787. The Labute approximate surface area is 129 Å². The van der Waals surface area contributed by atoms with Gasteiger partial charge in [0.2, 0.25) is 0 Å². The molecule has 0 unspecified atom stereocenters. The van der Waals surface area contributed by atoms with Gasteiger partial charge in [0.05, 0.1) is 5.60 Å². The Morgan fingerprint density at radius 1 is 1.26 bits per heavy atom. The number of hydrogen-bond acceptors (Lipinski definition) is 3. The minimum absolute atomic E-state index is 0.223. The smallest absolute Gasteiger partial charge is 0.389 e. The predicted molar refractivity (Wildman–Crippen MR) is 74.9 cm³/mol. The molecule has 1 aromatic rings. The molecule has 0 aromatic carbocycles. The summed E-state index contributed by atoms with van der Waals surface area (Å²) in [4.78, 5) is 25.4. The number of carbonyl (C=O) groups is 1. The molecule has 3 rings (SSSR count). The van der Waals surface area contributed by atoms with E-state index in [1.165, 1.54) is 0 Å². The van der Waals surface area contributed by atoms with Crippen LogP contribution >= 0.6 is 0 Å². The fourth-order valence-corrected chi connectivity index (χ4v) is 3.17. The second kappa shape index (κ2) is 5.09. The van der Waals surface area contributed by atoms with Crippen molar-refractivity contribution in [2.75, 3.05) is 6.54 Å². The maximum atomic E-state index is 12.5. The van der Waals surface area contributed by atoms with Crippen LogP contribution in [-0.2, 0) is 6.18 Å². The Balaban J connectivity index is 1.68. The lowest BCUT2D eigenvalue weighted by Crippen LogP contribution is -2.51. The third-order valence-electron chi connectivity index (χ3n) is 5.07. The highest BCUT2D eigenvalue weighted by molar-refractivity contribution is 5.92. The van der Waals surface area contributed by atoms with Gasteiger partial charge in [-0.2, -0.15) is 13.2 Å². The van der Waals surface area contributed by atoms with Crippen LogP contribution in [0.3, 0.4) is 0 Å². The van der Waals surface area contributed by atoms with Crippen LogP contribution in [0, 0.1) is 5.41 Å². The van der Waals surface area contributed by atoms with Crippen LogP contribution in [0.4, 0.5) is 13.2 Å². The Bertz CT molecular complexity index is 688. The molecule has 3 N–H and O–H groups in total. The Hall–Kier alpha value is -1.83. The van der Waals surface area contributed by atoms with Gasteiger partial charge in [-0.15, -0.1) is 0 Å². The fraction of sp³-hybridized carbons (Fsp3) is 0.600. The van der Waals surface area contributed by atoms with Gasteiger partial charge >= 0.3 is 6.18 Å². The van der Waals surface area contributed by atoms with E-state index in [9.17, 15) is 27.9 Å². The van der Waals surface area contributed by atoms with Crippen LogP contribution in [0.5, 0.6) is 0 Å².